The van der Waals surface area contributed by atoms with Gasteiger partial charge in [0.15, 0.2) is 0 Å². The lowest BCUT2D eigenvalue weighted by Gasteiger charge is -2.39. The summed E-state index contributed by atoms with van der Waals surface area (Å²) in [5.74, 6) is 0.886. The molecule has 1 aliphatic heterocycles. The zero-order valence-electron chi connectivity index (χ0n) is 12.2. The van der Waals surface area contributed by atoms with Crippen LogP contribution in [0.2, 0.25) is 0 Å². The molecule has 1 fully saturated rings. The second kappa shape index (κ2) is 5.56. The molecule has 1 aromatic carbocycles. The van der Waals surface area contributed by atoms with Crippen LogP contribution in [-0.2, 0) is 0 Å². The second-order valence-corrected chi connectivity index (χ2v) is 5.90. The minimum Gasteiger partial charge on any atom is -0.459 e. The van der Waals surface area contributed by atoms with Gasteiger partial charge in [-0.1, -0.05) is 18.2 Å². The third-order valence-electron chi connectivity index (χ3n) is 4.21. The number of piperazine rings is 1. The van der Waals surface area contributed by atoms with Crippen LogP contribution < -0.4 is 5.73 Å². The largest absolute Gasteiger partial charge is 0.459 e. The van der Waals surface area contributed by atoms with E-state index in [0.29, 0.717) is 6.04 Å². The van der Waals surface area contributed by atoms with Gasteiger partial charge in [-0.05, 0) is 26.1 Å². The quantitative estimate of drug-likeness (QED) is 0.930. The third-order valence-corrected chi connectivity index (χ3v) is 4.21. The van der Waals surface area contributed by atoms with Crippen molar-refractivity contribution in [2.75, 3.05) is 33.2 Å². The van der Waals surface area contributed by atoms with Crippen molar-refractivity contribution in [1.29, 1.82) is 0 Å². The van der Waals surface area contributed by atoms with Crippen LogP contribution in [0.4, 0.5) is 0 Å². The minimum atomic E-state index is -0.0618. The third kappa shape index (κ3) is 2.73. The number of furan rings is 1. The summed E-state index contributed by atoms with van der Waals surface area (Å²) in [4.78, 5) is 4.83. The fraction of sp³-hybridized carbons (Fsp3) is 0.500. The SMILES string of the molecule is CC1CN(C)CCN1CC(N)c1cc2ccccc2o1. The van der Waals surface area contributed by atoms with E-state index in [9.17, 15) is 0 Å². The number of benzene rings is 1. The fourth-order valence-corrected chi connectivity index (χ4v) is 2.98. The first-order chi connectivity index (χ1) is 9.63. The van der Waals surface area contributed by atoms with Crippen molar-refractivity contribution in [3.05, 3.63) is 36.1 Å². The van der Waals surface area contributed by atoms with E-state index in [1.54, 1.807) is 0 Å². The predicted molar refractivity (Wildman–Crippen MR) is 81.7 cm³/mol. The molecule has 0 aliphatic carbocycles. The topological polar surface area (TPSA) is 45.6 Å². The van der Waals surface area contributed by atoms with E-state index in [1.165, 1.54) is 0 Å². The van der Waals surface area contributed by atoms with Gasteiger partial charge in [-0.25, -0.2) is 0 Å². The molecule has 0 bridgehead atoms. The molecule has 2 N–H and O–H groups in total. The van der Waals surface area contributed by atoms with Gasteiger partial charge in [-0.3, -0.25) is 4.90 Å². The number of hydrogen-bond donors (Lipinski definition) is 1. The summed E-state index contributed by atoms with van der Waals surface area (Å²) in [6.07, 6.45) is 0. The molecule has 20 heavy (non-hydrogen) atoms. The molecular weight excluding hydrogens is 250 g/mol. The number of nitrogens with zero attached hydrogens (tertiary/aromatic N) is 2. The zero-order valence-corrected chi connectivity index (χ0v) is 12.2. The molecule has 2 heterocycles. The Morgan fingerprint density at radius 2 is 2.15 bits per heavy atom. The Kier molecular flexibility index (Phi) is 3.78. The Morgan fingerprint density at radius 3 is 2.90 bits per heavy atom. The van der Waals surface area contributed by atoms with Crippen molar-refractivity contribution >= 4 is 11.0 Å². The highest BCUT2D eigenvalue weighted by Gasteiger charge is 2.24. The van der Waals surface area contributed by atoms with Crippen molar-refractivity contribution in [2.24, 2.45) is 5.73 Å². The number of fused-ring (bicyclic) bond motifs is 1. The number of para-hydroxylation sites is 1. The molecule has 2 atom stereocenters. The van der Waals surface area contributed by atoms with Crippen LogP contribution in [0.5, 0.6) is 0 Å². The van der Waals surface area contributed by atoms with Gasteiger partial charge in [0.05, 0.1) is 6.04 Å². The van der Waals surface area contributed by atoms with Gasteiger partial charge >= 0.3 is 0 Å². The summed E-state index contributed by atoms with van der Waals surface area (Å²) in [5, 5.41) is 1.13. The van der Waals surface area contributed by atoms with Crippen LogP contribution in [0.15, 0.2) is 34.7 Å². The maximum atomic E-state index is 6.34. The Labute approximate surface area is 120 Å². The molecule has 0 radical (unpaired) electrons. The van der Waals surface area contributed by atoms with Crippen molar-refractivity contribution in [3.63, 3.8) is 0 Å². The molecule has 1 saturated heterocycles. The van der Waals surface area contributed by atoms with E-state index >= 15 is 0 Å². The van der Waals surface area contributed by atoms with Crippen LogP contribution in [0.3, 0.4) is 0 Å². The summed E-state index contributed by atoms with van der Waals surface area (Å²) < 4.78 is 5.87. The molecule has 3 rings (SSSR count). The monoisotopic (exact) mass is 273 g/mol. The van der Waals surface area contributed by atoms with Crippen molar-refractivity contribution < 1.29 is 4.42 Å². The molecule has 108 valence electrons. The molecule has 4 nitrogen and oxygen atoms in total. The fourth-order valence-electron chi connectivity index (χ4n) is 2.98. The van der Waals surface area contributed by atoms with Crippen molar-refractivity contribution in [3.8, 4) is 0 Å². The number of nitrogens with two attached hydrogens (primary N) is 1. The van der Waals surface area contributed by atoms with Crippen molar-refractivity contribution in [1.82, 2.24) is 9.80 Å². The van der Waals surface area contributed by atoms with Gasteiger partial charge < -0.3 is 15.1 Å². The first-order valence-corrected chi connectivity index (χ1v) is 7.30. The van der Waals surface area contributed by atoms with Gasteiger partial charge in [0.2, 0.25) is 0 Å². The van der Waals surface area contributed by atoms with E-state index in [2.05, 4.69) is 35.9 Å². The predicted octanol–water partition coefficient (Wildman–Crippen LogP) is 2.07. The van der Waals surface area contributed by atoms with Gasteiger partial charge in [0.1, 0.15) is 11.3 Å². The van der Waals surface area contributed by atoms with Crippen LogP contribution in [0.1, 0.15) is 18.7 Å². The molecule has 4 heteroatoms. The Balaban J connectivity index is 1.71. The highest BCUT2D eigenvalue weighted by Crippen LogP contribution is 2.24. The normalized spacial score (nSPS) is 23.2. The van der Waals surface area contributed by atoms with Crippen LogP contribution in [-0.4, -0.2) is 49.1 Å². The maximum Gasteiger partial charge on any atom is 0.134 e. The molecule has 0 saturated carbocycles. The van der Waals surface area contributed by atoms with E-state index in [4.69, 9.17) is 10.2 Å². The molecule has 1 aliphatic rings. The number of hydrogen-bond acceptors (Lipinski definition) is 4. The Hall–Kier alpha value is -1.36. The average Bonchev–Trinajstić information content (AvgIpc) is 2.86. The highest BCUT2D eigenvalue weighted by atomic mass is 16.3. The van der Waals surface area contributed by atoms with E-state index in [-0.39, 0.29) is 6.04 Å². The molecule has 0 spiro atoms. The summed E-state index contributed by atoms with van der Waals surface area (Å²) in [5.41, 5.74) is 7.26. The van der Waals surface area contributed by atoms with Crippen molar-refractivity contribution in [2.45, 2.75) is 19.0 Å². The van der Waals surface area contributed by atoms with Gasteiger partial charge in [0.25, 0.3) is 0 Å². The van der Waals surface area contributed by atoms with Gasteiger partial charge in [0, 0.05) is 37.6 Å². The van der Waals surface area contributed by atoms with Gasteiger partial charge in [-0.2, -0.15) is 0 Å². The van der Waals surface area contributed by atoms with E-state index in [1.807, 2.05) is 18.2 Å². The molecule has 2 aromatic rings. The number of likely N-dealkylation sites (N-methyl/N-ethyl adjacent to an activating group) is 1. The average molecular weight is 273 g/mol. The second-order valence-electron chi connectivity index (χ2n) is 5.90. The van der Waals surface area contributed by atoms with E-state index < -0.39 is 0 Å². The summed E-state index contributed by atoms with van der Waals surface area (Å²) in [6.45, 7) is 6.41. The van der Waals surface area contributed by atoms with Crippen LogP contribution in [0, 0.1) is 0 Å². The summed E-state index contributed by atoms with van der Waals surface area (Å²) in [7, 11) is 2.17. The summed E-state index contributed by atoms with van der Waals surface area (Å²) in [6, 6.07) is 10.6. The lowest BCUT2D eigenvalue weighted by Crippen LogP contribution is -2.52. The van der Waals surface area contributed by atoms with Gasteiger partial charge in [-0.15, -0.1) is 0 Å². The zero-order chi connectivity index (χ0) is 14.1. The molecule has 1 aromatic heterocycles. The molecule has 2 unspecified atom stereocenters. The molecular formula is C16H23N3O. The Bertz CT molecular complexity index is 547. The van der Waals surface area contributed by atoms with Crippen LogP contribution in [0.25, 0.3) is 11.0 Å². The minimum absolute atomic E-state index is 0.0618. The smallest absolute Gasteiger partial charge is 0.134 e. The van der Waals surface area contributed by atoms with E-state index in [0.717, 1.165) is 42.9 Å². The highest BCUT2D eigenvalue weighted by molar-refractivity contribution is 5.77. The molecule has 0 amide bonds. The maximum absolute atomic E-state index is 6.34. The number of rotatable bonds is 3. The lowest BCUT2D eigenvalue weighted by atomic mass is 10.1. The lowest BCUT2D eigenvalue weighted by molar-refractivity contribution is 0.0925. The first-order valence-electron chi connectivity index (χ1n) is 7.30. The first kappa shape index (κ1) is 13.6. The van der Waals surface area contributed by atoms with Crippen LogP contribution >= 0.6 is 0 Å². The Morgan fingerprint density at radius 1 is 1.35 bits per heavy atom. The standard InChI is InChI=1S/C16H23N3O/c1-12-10-18(2)7-8-19(12)11-14(17)16-9-13-5-3-4-6-15(13)20-16/h3-6,9,12,14H,7-8,10-11,17H2,1-2H3. The summed E-state index contributed by atoms with van der Waals surface area (Å²) >= 11 is 0.